The summed E-state index contributed by atoms with van der Waals surface area (Å²) in [7, 11) is 1.68. The molecule has 30 heavy (non-hydrogen) atoms. The molecule has 4 unspecified atom stereocenters. The van der Waals surface area contributed by atoms with E-state index in [1.165, 1.54) is 32.1 Å². The number of halogens is 1. The van der Waals surface area contributed by atoms with Crippen molar-refractivity contribution < 1.29 is 9.47 Å². The molecule has 0 bridgehead atoms. The third-order valence-electron chi connectivity index (χ3n) is 7.41. The molecule has 9 heteroatoms. The van der Waals surface area contributed by atoms with Crippen LogP contribution in [-0.4, -0.2) is 59.2 Å². The minimum absolute atomic E-state index is 0. The number of aryl methyl sites for hydroxylation is 1. The van der Waals surface area contributed by atoms with Crippen molar-refractivity contribution in [2.75, 3.05) is 20.3 Å². The van der Waals surface area contributed by atoms with Gasteiger partial charge in [-0.05, 0) is 32.6 Å². The largest absolute Gasteiger partial charge is 0.377 e. The monoisotopic (exact) mass is 530 g/mol. The van der Waals surface area contributed by atoms with E-state index in [-0.39, 0.29) is 24.0 Å². The predicted octanol–water partition coefficient (Wildman–Crippen LogP) is 2.26. The van der Waals surface area contributed by atoms with Crippen molar-refractivity contribution in [1.82, 2.24) is 25.4 Å². The number of hydrogen-bond acceptors (Lipinski definition) is 5. The van der Waals surface area contributed by atoms with E-state index >= 15 is 0 Å². The molecule has 1 saturated heterocycles. The van der Waals surface area contributed by atoms with E-state index < -0.39 is 0 Å². The summed E-state index contributed by atoms with van der Waals surface area (Å²) in [6.07, 6.45) is 8.87. The van der Waals surface area contributed by atoms with Crippen LogP contribution >= 0.6 is 24.0 Å². The molecular weight excluding hydrogens is 495 g/mol. The fourth-order valence-electron chi connectivity index (χ4n) is 6.20. The summed E-state index contributed by atoms with van der Waals surface area (Å²) < 4.78 is 13.4. The molecule has 1 aromatic heterocycles. The molecule has 8 nitrogen and oxygen atoms in total. The van der Waals surface area contributed by atoms with Gasteiger partial charge in [-0.1, -0.05) is 12.8 Å². The number of aliphatic imine (C=N–C) groups is 1. The van der Waals surface area contributed by atoms with Gasteiger partial charge < -0.3 is 20.1 Å². The van der Waals surface area contributed by atoms with Crippen molar-refractivity contribution in [3.8, 4) is 0 Å². The minimum atomic E-state index is 0. The van der Waals surface area contributed by atoms with Gasteiger partial charge in [-0.15, -0.1) is 24.0 Å². The first-order valence-corrected chi connectivity index (χ1v) is 11.3. The lowest BCUT2D eigenvalue weighted by atomic mass is 9.54. The van der Waals surface area contributed by atoms with Crippen molar-refractivity contribution >= 4 is 29.9 Å². The molecule has 1 spiro atoms. The molecule has 2 N–H and O–H groups in total. The molecule has 0 aromatic carbocycles. The SMILES string of the molecule is CCN=C(NC1CCc2nc(COC)nn2C1)NC1C2CCOC2C12CCCC2.I. The Labute approximate surface area is 196 Å². The van der Waals surface area contributed by atoms with Crippen LogP contribution in [0.25, 0.3) is 0 Å². The van der Waals surface area contributed by atoms with Gasteiger partial charge in [0.15, 0.2) is 11.8 Å². The predicted molar refractivity (Wildman–Crippen MR) is 125 cm³/mol. The van der Waals surface area contributed by atoms with Crippen LogP contribution in [0, 0.1) is 11.3 Å². The topological polar surface area (TPSA) is 85.6 Å². The second-order valence-corrected chi connectivity index (χ2v) is 9.07. The van der Waals surface area contributed by atoms with Crippen molar-refractivity contribution in [1.29, 1.82) is 0 Å². The maximum atomic E-state index is 6.14. The van der Waals surface area contributed by atoms with Gasteiger partial charge in [-0.25, -0.2) is 9.67 Å². The van der Waals surface area contributed by atoms with Gasteiger partial charge in [0.1, 0.15) is 12.4 Å². The fourth-order valence-corrected chi connectivity index (χ4v) is 6.20. The Balaban J connectivity index is 0.00000218. The summed E-state index contributed by atoms with van der Waals surface area (Å²) in [4.78, 5) is 9.37. The Morgan fingerprint density at radius 1 is 1.30 bits per heavy atom. The van der Waals surface area contributed by atoms with Crippen LogP contribution in [0.3, 0.4) is 0 Å². The molecule has 168 valence electrons. The van der Waals surface area contributed by atoms with E-state index in [1.54, 1.807) is 7.11 Å². The third-order valence-corrected chi connectivity index (χ3v) is 7.41. The average Bonchev–Trinajstić information content (AvgIpc) is 3.44. The second kappa shape index (κ2) is 9.28. The first-order chi connectivity index (χ1) is 14.2. The van der Waals surface area contributed by atoms with E-state index in [4.69, 9.17) is 14.5 Å². The van der Waals surface area contributed by atoms with Gasteiger partial charge in [0.05, 0.1) is 12.6 Å². The second-order valence-electron chi connectivity index (χ2n) is 9.07. The summed E-state index contributed by atoms with van der Waals surface area (Å²) in [6.45, 7) is 5.09. The number of hydrogen-bond donors (Lipinski definition) is 2. The van der Waals surface area contributed by atoms with Crippen molar-refractivity contribution in [2.45, 2.75) is 83.2 Å². The van der Waals surface area contributed by atoms with Gasteiger partial charge in [0, 0.05) is 50.1 Å². The summed E-state index contributed by atoms with van der Waals surface area (Å²) >= 11 is 0. The number of nitrogens with zero attached hydrogens (tertiary/aromatic N) is 4. The summed E-state index contributed by atoms with van der Waals surface area (Å²) in [5.41, 5.74) is 0.331. The zero-order valence-corrected chi connectivity index (χ0v) is 20.4. The van der Waals surface area contributed by atoms with Crippen molar-refractivity contribution in [3.63, 3.8) is 0 Å². The highest BCUT2D eigenvalue weighted by atomic mass is 127. The fraction of sp³-hybridized carbons (Fsp3) is 0.857. The Morgan fingerprint density at radius 3 is 2.90 bits per heavy atom. The van der Waals surface area contributed by atoms with E-state index in [9.17, 15) is 0 Å². The molecule has 5 rings (SSSR count). The smallest absolute Gasteiger partial charge is 0.191 e. The number of ether oxygens (including phenoxy) is 2. The summed E-state index contributed by atoms with van der Waals surface area (Å²) in [6, 6.07) is 0.807. The Morgan fingerprint density at radius 2 is 2.13 bits per heavy atom. The number of methoxy groups -OCH3 is 1. The maximum Gasteiger partial charge on any atom is 0.191 e. The normalized spacial score (nSPS) is 31.6. The Hall–Kier alpha value is -0.940. The number of rotatable bonds is 5. The highest BCUT2D eigenvalue weighted by molar-refractivity contribution is 14.0. The quantitative estimate of drug-likeness (QED) is 0.345. The molecule has 3 fully saturated rings. The molecule has 0 amide bonds. The zero-order chi connectivity index (χ0) is 19.8. The standard InChI is InChI=1S/C21H34N6O2.HI/c1-3-22-20(23-14-6-7-17-24-16(13-28-2)26-27(17)12-14)25-18-15-8-11-29-19(15)21(18)9-4-5-10-21;/h14-15,18-19H,3-13H2,1-2H3,(H2,22,23,25);1H. The number of aromatic nitrogens is 3. The van der Waals surface area contributed by atoms with E-state index in [0.29, 0.717) is 36.1 Å². The first kappa shape index (κ1) is 22.3. The number of guanidine groups is 1. The molecule has 2 aliphatic heterocycles. The third kappa shape index (κ3) is 3.85. The molecule has 3 heterocycles. The van der Waals surface area contributed by atoms with E-state index in [2.05, 4.69) is 27.6 Å². The van der Waals surface area contributed by atoms with Gasteiger partial charge in [0.25, 0.3) is 0 Å². The molecule has 2 saturated carbocycles. The molecule has 4 aliphatic rings. The highest BCUT2D eigenvalue weighted by Gasteiger charge is 2.65. The molecule has 0 radical (unpaired) electrons. The van der Waals surface area contributed by atoms with Crippen LogP contribution in [-0.2, 0) is 29.0 Å². The van der Waals surface area contributed by atoms with Gasteiger partial charge >= 0.3 is 0 Å². The van der Waals surface area contributed by atoms with E-state index in [0.717, 1.165) is 50.1 Å². The van der Waals surface area contributed by atoms with Crippen LogP contribution in [0.15, 0.2) is 4.99 Å². The average molecular weight is 530 g/mol. The maximum absolute atomic E-state index is 6.14. The first-order valence-electron chi connectivity index (χ1n) is 11.3. The van der Waals surface area contributed by atoms with Gasteiger partial charge in [0.2, 0.25) is 0 Å². The van der Waals surface area contributed by atoms with Crippen molar-refractivity contribution in [2.24, 2.45) is 16.3 Å². The minimum Gasteiger partial charge on any atom is -0.377 e. The summed E-state index contributed by atoms with van der Waals surface area (Å²) in [5.74, 6) is 3.43. The zero-order valence-electron chi connectivity index (χ0n) is 18.1. The highest BCUT2D eigenvalue weighted by Crippen LogP contribution is 2.60. The van der Waals surface area contributed by atoms with E-state index in [1.807, 2.05) is 4.68 Å². The lowest BCUT2D eigenvalue weighted by Crippen LogP contribution is -2.69. The van der Waals surface area contributed by atoms with Crippen LogP contribution in [0.1, 0.15) is 57.1 Å². The molecule has 4 atom stereocenters. The van der Waals surface area contributed by atoms with Crippen LogP contribution in [0.4, 0.5) is 0 Å². The van der Waals surface area contributed by atoms with Crippen LogP contribution in [0.5, 0.6) is 0 Å². The van der Waals surface area contributed by atoms with Crippen LogP contribution in [0.2, 0.25) is 0 Å². The number of fused-ring (bicyclic) bond motifs is 3. The van der Waals surface area contributed by atoms with Crippen LogP contribution < -0.4 is 10.6 Å². The molecular formula is C21H35IN6O2. The molecule has 2 aliphatic carbocycles. The lowest BCUT2D eigenvalue weighted by Gasteiger charge is -2.57. The number of nitrogens with one attached hydrogen (secondary N) is 2. The lowest BCUT2D eigenvalue weighted by molar-refractivity contribution is -0.125. The summed E-state index contributed by atoms with van der Waals surface area (Å²) in [5, 5.41) is 12.1. The Kier molecular flexibility index (Phi) is 6.88. The Bertz CT molecular complexity index is 763. The van der Waals surface area contributed by atoms with Gasteiger partial charge in [-0.3, -0.25) is 4.99 Å². The molecule has 1 aromatic rings. The van der Waals surface area contributed by atoms with Crippen molar-refractivity contribution in [3.05, 3.63) is 11.6 Å². The van der Waals surface area contributed by atoms with Gasteiger partial charge in [-0.2, -0.15) is 5.10 Å².